The van der Waals surface area contributed by atoms with Crippen LogP contribution in [0.5, 0.6) is 0 Å². The van der Waals surface area contributed by atoms with Crippen LogP contribution in [0.25, 0.3) is 0 Å². The van der Waals surface area contributed by atoms with Crippen molar-refractivity contribution in [2.75, 3.05) is 26.2 Å². The fourth-order valence-electron chi connectivity index (χ4n) is 2.40. The number of hydrogen-bond donors (Lipinski definition) is 2. The highest BCUT2D eigenvalue weighted by Gasteiger charge is 2.43. The predicted molar refractivity (Wildman–Crippen MR) is 52.4 cm³/mol. The van der Waals surface area contributed by atoms with E-state index in [1.165, 1.54) is 25.8 Å². The van der Waals surface area contributed by atoms with Crippen LogP contribution in [0.3, 0.4) is 0 Å². The van der Waals surface area contributed by atoms with Crippen LogP contribution in [0, 0.1) is 5.41 Å². The molecular formula is C10H20N2O. The third-order valence-corrected chi connectivity index (χ3v) is 3.44. The summed E-state index contributed by atoms with van der Waals surface area (Å²) in [7, 11) is 0. The van der Waals surface area contributed by atoms with Crippen LogP contribution >= 0.6 is 0 Å². The van der Waals surface area contributed by atoms with Gasteiger partial charge >= 0.3 is 0 Å². The molecule has 3 heteroatoms. The van der Waals surface area contributed by atoms with Crippen molar-refractivity contribution < 1.29 is 5.11 Å². The van der Waals surface area contributed by atoms with Crippen molar-refractivity contribution >= 4 is 0 Å². The molecule has 3 N–H and O–H groups in total. The fraction of sp³-hybridized carbons (Fsp3) is 1.00. The SMILES string of the molecule is NCCC1(CN2CCC(O)C2)CC1. The van der Waals surface area contributed by atoms with Crippen molar-refractivity contribution in [1.29, 1.82) is 0 Å². The Bertz CT molecular complexity index is 180. The molecule has 0 aromatic heterocycles. The van der Waals surface area contributed by atoms with E-state index in [1.54, 1.807) is 0 Å². The number of rotatable bonds is 4. The molecule has 2 rings (SSSR count). The summed E-state index contributed by atoms with van der Waals surface area (Å²) in [6.07, 6.45) is 4.74. The van der Waals surface area contributed by atoms with Gasteiger partial charge in [-0.05, 0) is 37.6 Å². The van der Waals surface area contributed by atoms with Gasteiger partial charge < -0.3 is 15.7 Å². The molecular weight excluding hydrogens is 164 g/mol. The third kappa shape index (κ3) is 2.22. The Balaban J connectivity index is 1.77. The van der Waals surface area contributed by atoms with Gasteiger partial charge in [-0.1, -0.05) is 0 Å². The molecule has 1 aliphatic heterocycles. The number of aliphatic hydroxyl groups excluding tert-OH is 1. The molecule has 1 aliphatic carbocycles. The number of nitrogens with zero attached hydrogens (tertiary/aromatic N) is 1. The molecule has 13 heavy (non-hydrogen) atoms. The molecule has 3 nitrogen and oxygen atoms in total. The van der Waals surface area contributed by atoms with E-state index in [0.29, 0.717) is 5.41 Å². The first-order chi connectivity index (χ1) is 6.24. The van der Waals surface area contributed by atoms with Crippen LogP contribution < -0.4 is 5.73 Å². The van der Waals surface area contributed by atoms with Gasteiger partial charge in [0.15, 0.2) is 0 Å². The zero-order chi connectivity index (χ0) is 9.31. The molecule has 1 saturated carbocycles. The number of likely N-dealkylation sites (tertiary alicyclic amines) is 1. The van der Waals surface area contributed by atoms with Gasteiger partial charge in [-0.15, -0.1) is 0 Å². The minimum atomic E-state index is -0.0753. The minimum absolute atomic E-state index is 0.0753. The number of nitrogens with two attached hydrogens (primary N) is 1. The van der Waals surface area contributed by atoms with E-state index < -0.39 is 0 Å². The zero-order valence-electron chi connectivity index (χ0n) is 8.21. The summed E-state index contributed by atoms with van der Waals surface area (Å²) in [5.41, 5.74) is 6.13. The summed E-state index contributed by atoms with van der Waals surface area (Å²) in [6, 6.07) is 0. The lowest BCUT2D eigenvalue weighted by Gasteiger charge is -2.22. The van der Waals surface area contributed by atoms with Crippen LogP contribution in [0.2, 0.25) is 0 Å². The smallest absolute Gasteiger partial charge is 0.0679 e. The van der Waals surface area contributed by atoms with Crippen LogP contribution in [-0.2, 0) is 0 Å². The highest BCUT2D eigenvalue weighted by Crippen LogP contribution is 2.49. The molecule has 76 valence electrons. The van der Waals surface area contributed by atoms with Crippen molar-refractivity contribution in [2.45, 2.75) is 31.8 Å². The van der Waals surface area contributed by atoms with E-state index >= 15 is 0 Å². The maximum atomic E-state index is 9.38. The molecule has 0 radical (unpaired) electrons. The molecule has 2 fully saturated rings. The van der Waals surface area contributed by atoms with Gasteiger partial charge in [0.25, 0.3) is 0 Å². The minimum Gasteiger partial charge on any atom is -0.392 e. The van der Waals surface area contributed by atoms with E-state index in [9.17, 15) is 5.11 Å². The lowest BCUT2D eigenvalue weighted by molar-refractivity contribution is 0.166. The summed E-state index contributed by atoms with van der Waals surface area (Å²) in [5.74, 6) is 0. The van der Waals surface area contributed by atoms with Crippen molar-refractivity contribution in [1.82, 2.24) is 4.90 Å². The van der Waals surface area contributed by atoms with Crippen LogP contribution in [0.1, 0.15) is 25.7 Å². The monoisotopic (exact) mass is 184 g/mol. The number of aliphatic hydroxyl groups is 1. The first-order valence-electron chi connectivity index (χ1n) is 5.35. The Morgan fingerprint density at radius 2 is 2.23 bits per heavy atom. The summed E-state index contributed by atoms with van der Waals surface area (Å²) < 4.78 is 0. The van der Waals surface area contributed by atoms with E-state index in [-0.39, 0.29) is 6.10 Å². The highest BCUT2D eigenvalue weighted by molar-refractivity contribution is 4.96. The second-order valence-corrected chi connectivity index (χ2v) is 4.72. The van der Waals surface area contributed by atoms with Crippen LogP contribution in [0.4, 0.5) is 0 Å². The quantitative estimate of drug-likeness (QED) is 0.655. The van der Waals surface area contributed by atoms with E-state index in [0.717, 1.165) is 26.1 Å². The number of hydrogen-bond acceptors (Lipinski definition) is 3. The van der Waals surface area contributed by atoms with Gasteiger partial charge in [-0.2, -0.15) is 0 Å². The van der Waals surface area contributed by atoms with Gasteiger partial charge in [-0.25, -0.2) is 0 Å². The maximum absolute atomic E-state index is 9.38. The zero-order valence-corrected chi connectivity index (χ0v) is 8.21. The average Bonchev–Trinajstić information content (AvgIpc) is 2.70. The Labute approximate surface area is 79.9 Å². The molecule has 1 unspecified atom stereocenters. The summed E-state index contributed by atoms with van der Waals surface area (Å²) in [6.45, 7) is 3.94. The summed E-state index contributed by atoms with van der Waals surface area (Å²) >= 11 is 0. The van der Waals surface area contributed by atoms with Gasteiger partial charge in [0, 0.05) is 19.6 Å². The van der Waals surface area contributed by atoms with Crippen molar-refractivity contribution in [3.63, 3.8) is 0 Å². The average molecular weight is 184 g/mol. The molecule has 0 amide bonds. The van der Waals surface area contributed by atoms with Gasteiger partial charge in [0.2, 0.25) is 0 Å². The first kappa shape index (κ1) is 9.44. The molecule has 0 bridgehead atoms. The van der Waals surface area contributed by atoms with Crippen molar-refractivity contribution in [2.24, 2.45) is 11.1 Å². The molecule has 1 saturated heterocycles. The second kappa shape index (κ2) is 3.56. The van der Waals surface area contributed by atoms with E-state index in [4.69, 9.17) is 5.73 Å². The number of β-amino-alcohol motifs (C(OH)–C–C–N with tert-alkyl or cyclic N) is 1. The van der Waals surface area contributed by atoms with Gasteiger partial charge in [-0.3, -0.25) is 0 Å². The molecule has 2 aliphatic rings. The lowest BCUT2D eigenvalue weighted by Crippen LogP contribution is -2.30. The van der Waals surface area contributed by atoms with Gasteiger partial charge in [0.1, 0.15) is 0 Å². The molecule has 0 aromatic rings. The van der Waals surface area contributed by atoms with Crippen LogP contribution in [0.15, 0.2) is 0 Å². The Morgan fingerprint density at radius 1 is 1.46 bits per heavy atom. The molecule has 1 atom stereocenters. The standard InChI is InChI=1S/C10H20N2O/c11-5-4-10(2-3-10)8-12-6-1-9(13)7-12/h9,13H,1-8,11H2. The topological polar surface area (TPSA) is 49.5 Å². The van der Waals surface area contributed by atoms with E-state index in [2.05, 4.69) is 4.90 Å². The van der Waals surface area contributed by atoms with Gasteiger partial charge in [0.05, 0.1) is 6.10 Å². The van der Waals surface area contributed by atoms with Crippen LogP contribution in [-0.4, -0.2) is 42.3 Å². The molecule has 0 spiro atoms. The predicted octanol–water partition coefficient (Wildman–Crippen LogP) is 0.182. The largest absolute Gasteiger partial charge is 0.392 e. The summed E-state index contributed by atoms with van der Waals surface area (Å²) in [5, 5.41) is 9.38. The third-order valence-electron chi connectivity index (χ3n) is 3.44. The highest BCUT2D eigenvalue weighted by atomic mass is 16.3. The second-order valence-electron chi connectivity index (χ2n) is 4.72. The first-order valence-corrected chi connectivity index (χ1v) is 5.35. The van der Waals surface area contributed by atoms with Crippen molar-refractivity contribution in [3.05, 3.63) is 0 Å². The lowest BCUT2D eigenvalue weighted by atomic mass is 10.0. The molecule has 0 aromatic carbocycles. The van der Waals surface area contributed by atoms with Crippen molar-refractivity contribution in [3.8, 4) is 0 Å². The summed E-state index contributed by atoms with van der Waals surface area (Å²) in [4.78, 5) is 2.40. The Kier molecular flexibility index (Phi) is 2.58. The Morgan fingerprint density at radius 3 is 2.69 bits per heavy atom. The maximum Gasteiger partial charge on any atom is 0.0679 e. The molecule has 1 heterocycles. The fourth-order valence-corrected chi connectivity index (χ4v) is 2.40. The Hall–Kier alpha value is -0.120. The normalized spacial score (nSPS) is 32.3. The van der Waals surface area contributed by atoms with E-state index in [1.807, 2.05) is 0 Å².